The van der Waals surface area contributed by atoms with E-state index in [-0.39, 0.29) is 22.2 Å². The van der Waals surface area contributed by atoms with Crippen LogP contribution in [0, 0.1) is 6.92 Å². The number of rotatable bonds is 6. The van der Waals surface area contributed by atoms with E-state index in [2.05, 4.69) is 5.16 Å². The molecule has 170 valence electrons. The molecule has 0 radical (unpaired) electrons. The van der Waals surface area contributed by atoms with Gasteiger partial charge >= 0.3 is 5.91 Å². The number of aliphatic hydroxyl groups excluding tert-OH is 1. The molecule has 1 aliphatic rings. The number of ketones is 1. The normalized spacial score (nSPS) is 17.6. The van der Waals surface area contributed by atoms with E-state index in [0.717, 1.165) is 6.42 Å². The molecule has 0 spiro atoms. The predicted molar refractivity (Wildman–Crippen MR) is 125 cm³/mol. The van der Waals surface area contributed by atoms with E-state index in [1.165, 1.54) is 11.0 Å². The topological polar surface area (TPSA) is 92.9 Å². The molecule has 4 rings (SSSR count). The van der Waals surface area contributed by atoms with Crippen molar-refractivity contribution in [2.45, 2.75) is 26.3 Å². The molecule has 2 heterocycles. The molecule has 1 fully saturated rings. The summed E-state index contributed by atoms with van der Waals surface area (Å²) in [6.45, 7) is 4.23. The highest BCUT2D eigenvalue weighted by Gasteiger charge is 2.48. The van der Waals surface area contributed by atoms with Crippen LogP contribution in [-0.2, 0) is 9.59 Å². The van der Waals surface area contributed by atoms with Crippen LogP contribution in [0.15, 0.2) is 58.6 Å². The molecule has 33 heavy (non-hydrogen) atoms. The lowest BCUT2D eigenvalue weighted by Gasteiger charge is -2.23. The summed E-state index contributed by atoms with van der Waals surface area (Å²) in [5, 5.41) is 15.6. The number of anilines is 1. The van der Waals surface area contributed by atoms with E-state index < -0.39 is 17.7 Å². The molecule has 7 nitrogen and oxygen atoms in total. The van der Waals surface area contributed by atoms with Crippen LogP contribution in [0.2, 0.25) is 10.0 Å². The zero-order valence-electron chi connectivity index (χ0n) is 17.8. The quantitative estimate of drug-likeness (QED) is 0.272. The molecule has 1 amide bonds. The number of nitrogens with zero attached hydrogens (tertiary/aromatic N) is 2. The Kier molecular flexibility index (Phi) is 6.44. The van der Waals surface area contributed by atoms with Crippen LogP contribution in [0.25, 0.3) is 5.76 Å². The third kappa shape index (κ3) is 4.34. The van der Waals surface area contributed by atoms with Gasteiger partial charge in [-0.2, -0.15) is 0 Å². The Bertz CT molecular complexity index is 1250. The maximum Gasteiger partial charge on any atom is 0.301 e. The fourth-order valence-electron chi connectivity index (χ4n) is 3.62. The van der Waals surface area contributed by atoms with E-state index in [0.29, 0.717) is 34.3 Å². The number of hydrogen-bond donors (Lipinski definition) is 1. The second kappa shape index (κ2) is 9.29. The lowest BCUT2D eigenvalue weighted by Crippen LogP contribution is -2.29. The summed E-state index contributed by atoms with van der Waals surface area (Å²) in [4.78, 5) is 27.3. The van der Waals surface area contributed by atoms with Gasteiger partial charge in [0, 0.05) is 11.6 Å². The van der Waals surface area contributed by atoms with Crippen LogP contribution >= 0.6 is 23.2 Å². The lowest BCUT2D eigenvalue weighted by molar-refractivity contribution is -0.132. The van der Waals surface area contributed by atoms with Crippen LogP contribution in [-0.4, -0.2) is 28.6 Å². The van der Waals surface area contributed by atoms with Crippen molar-refractivity contribution in [1.29, 1.82) is 0 Å². The van der Waals surface area contributed by atoms with Gasteiger partial charge in [-0.05, 0) is 55.3 Å². The molecule has 0 bridgehead atoms. The fraction of sp³-hybridized carbons (Fsp3) is 0.208. The summed E-state index contributed by atoms with van der Waals surface area (Å²) in [5.41, 5.74) is 0.744. The van der Waals surface area contributed by atoms with Gasteiger partial charge in [0.25, 0.3) is 5.78 Å². The minimum absolute atomic E-state index is 0.0960. The molecule has 1 aromatic heterocycles. The highest BCUT2D eigenvalue weighted by molar-refractivity contribution is 6.51. The molecule has 1 unspecified atom stereocenters. The first-order chi connectivity index (χ1) is 15.8. The minimum Gasteiger partial charge on any atom is -0.507 e. The minimum atomic E-state index is -0.986. The van der Waals surface area contributed by atoms with E-state index in [4.69, 9.17) is 32.5 Å². The average molecular weight is 487 g/mol. The Morgan fingerprint density at radius 1 is 1.12 bits per heavy atom. The third-order valence-corrected chi connectivity index (χ3v) is 5.91. The number of benzene rings is 2. The first-order valence-corrected chi connectivity index (χ1v) is 11.0. The molecular formula is C24H20Cl2N2O5. The van der Waals surface area contributed by atoms with Gasteiger partial charge in [-0.1, -0.05) is 41.3 Å². The van der Waals surface area contributed by atoms with Gasteiger partial charge in [-0.3, -0.25) is 14.5 Å². The summed E-state index contributed by atoms with van der Waals surface area (Å²) in [7, 11) is 0. The van der Waals surface area contributed by atoms with Gasteiger partial charge in [0.2, 0.25) is 0 Å². The lowest BCUT2D eigenvalue weighted by atomic mass is 9.95. The average Bonchev–Trinajstić information content (AvgIpc) is 3.34. The Morgan fingerprint density at radius 2 is 1.85 bits per heavy atom. The SMILES string of the molecule is CCCOc1ccc(C(O)=C2C(=O)C(=O)N(c3cc(C)on3)C2c2ccc(Cl)c(Cl)c2)cc1. The summed E-state index contributed by atoms with van der Waals surface area (Å²) in [6.07, 6.45) is 0.857. The van der Waals surface area contributed by atoms with E-state index >= 15 is 0 Å². The standard InChI is InChI=1S/C24H20Cl2N2O5/c1-3-10-32-16-7-4-14(5-8-16)22(29)20-21(15-6-9-17(25)18(26)12-15)28(24(31)23(20)30)19-11-13(2)33-27-19/h4-9,11-12,21,29H,3,10H2,1-2H3. The second-order valence-electron chi connectivity index (χ2n) is 7.51. The number of amides is 1. The fourth-order valence-corrected chi connectivity index (χ4v) is 3.92. The van der Waals surface area contributed by atoms with Crippen LogP contribution in [0.1, 0.15) is 36.3 Å². The van der Waals surface area contributed by atoms with Crippen LogP contribution in [0.5, 0.6) is 5.75 Å². The maximum absolute atomic E-state index is 13.1. The number of ether oxygens (including phenoxy) is 1. The van der Waals surface area contributed by atoms with Crippen molar-refractivity contribution in [1.82, 2.24) is 5.16 Å². The molecule has 0 saturated carbocycles. The zero-order chi connectivity index (χ0) is 23.7. The van der Waals surface area contributed by atoms with Gasteiger partial charge < -0.3 is 14.4 Å². The smallest absolute Gasteiger partial charge is 0.301 e. The van der Waals surface area contributed by atoms with Crippen molar-refractivity contribution in [2.75, 3.05) is 11.5 Å². The van der Waals surface area contributed by atoms with Gasteiger partial charge in [0.1, 0.15) is 17.3 Å². The Morgan fingerprint density at radius 3 is 2.45 bits per heavy atom. The van der Waals surface area contributed by atoms with E-state index in [9.17, 15) is 14.7 Å². The first-order valence-electron chi connectivity index (χ1n) is 10.2. The Hall–Kier alpha value is -3.29. The molecule has 1 aliphatic heterocycles. The maximum atomic E-state index is 13.1. The largest absolute Gasteiger partial charge is 0.507 e. The van der Waals surface area contributed by atoms with Crippen LogP contribution in [0.4, 0.5) is 5.82 Å². The molecule has 1 saturated heterocycles. The molecular weight excluding hydrogens is 467 g/mol. The van der Waals surface area contributed by atoms with E-state index in [1.54, 1.807) is 49.4 Å². The van der Waals surface area contributed by atoms with Gasteiger partial charge in [-0.25, -0.2) is 0 Å². The molecule has 3 aromatic rings. The van der Waals surface area contributed by atoms with Crippen LogP contribution in [0.3, 0.4) is 0 Å². The Labute approximate surface area is 200 Å². The summed E-state index contributed by atoms with van der Waals surface area (Å²) in [6, 6.07) is 11.9. The number of carbonyl (C=O) groups excluding carboxylic acids is 2. The summed E-state index contributed by atoms with van der Waals surface area (Å²) in [5.74, 6) is -0.781. The van der Waals surface area contributed by atoms with Crippen LogP contribution < -0.4 is 9.64 Å². The highest BCUT2D eigenvalue weighted by atomic mass is 35.5. The van der Waals surface area contributed by atoms with Crippen molar-refractivity contribution in [3.05, 3.63) is 81.0 Å². The molecule has 1 N–H and O–H groups in total. The van der Waals surface area contributed by atoms with Crippen molar-refractivity contribution in [3.8, 4) is 5.75 Å². The van der Waals surface area contributed by atoms with Gasteiger partial charge in [0.15, 0.2) is 5.82 Å². The summed E-state index contributed by atoms with van der Waals surface area (Å²) < 4.78 is 10.7. The third-order valence-electron chi connectivity index (χ3n) is 5.17. The van der Waals surface area contributed by atoms with Crippen molar-refractivity contribution < 1.29 is 24.0 Å². The summed E-state index contributed by atoms with van der Waals surface area (Å²) >= 11 is 12.3. The molecule has 9 heteroatoms. The predicted octanol–water partition coefficient (Wildman–Crippen LogP) is 5.70. The molecule has 1 atom stereocenters. The first kappa shape index (κ1) is 22.9. The number of aryl methyl sites for hydroxylation is 1. The van der Waals surface area contributed by atoms with Crippen molar-refractivity contribution >= 4 is 46.5 Å². The Balaban J connectivity index is 1.86. The number of hydrogen-bond acceptors (Lipinski definition) is 6. The number of Topliss-reactive ketones (excluding diaryl/α,β-unsaturated/α-hetero) is 1. The second-order valence-corrected chi connectivity index (χ2v) is 8.33. The highest BCUT2D eigenvalue weighted by Crippen LogP contribution is 2.43. The van der Waals surface area contributed by atoms with E-state index in [1.807, 2.05) is 6.92 Å². The van der Waals surface area contributed by atoms with Crippen molar-refractivity contribution in [3.63, 3.8) is 0 Å². The number of aromatic nitrogens is 1. The molecule has 2 aromatic carbocycles. The number of aliphatic hydroxyl groups is 1. The molecule has 0 aliphatic carbocycles. The number of carbonyl (C=O) groups is 2. The van der Waals surface area contributed by atoms with Crippen molar-refractivity contribution in [2.24, 2.45) is 0 Å². The van der Waals surface area contributed by atoms with Gasteiger partial charge in [0.05, 0.1) is 28.3 Å². The zero-order valence-corrected chi connectivity index (χ0v) is 19.4. The van der Waals surface area contributed by atoms with Gasteiger partial charge in [-0.15, -0.1) is 0 Å². The monoisotopic (exact) mass is 486 g/mol. The number of halogens is 2.